The molecule has 0 saturated carbocycles. The Morgan fingerprint density at radius 1 is 0.550 bits per heavy atom. The van der Waals surface area contributed by atoms with Crippen LogP contribution in [-0.4, -0.2) is 38.5 Å². The van der Waals surface area contributed by atoms with Crippen LogP contribution in [0.4, 0.5) is 0 Å². The molecule has 0 atom stereocenters. The SMILES string of the molecule is Brc1ccc(Br)s1.COc1ccccc1-c1ccc(-c2ccccc2OC)s1.COc1ccccc1B(O)O.S. The van der Waals surface area contributed by atoms with Crippen molar-refractivity contribution in [3.05, 3.63) is 105 Å². The van der Waals surface area contributed by atoms with Gasteiger partial charge in [-0.25, -0.2) is 0 Å². The molecule has 40 heavy (non-hydrogen) atoms. The van der Waals surface area contributed by atoms with Gasteiger partial charge in [-0.1, -0.05) is 42.5 Å². The third kappa shape index (κ3) is 9.69. The van der Waals surface area contributed by atoms with Crippen LogP contribution in [-0.2, 0) is 0 Å². The number of hydrogen-bond acceptors (Lipinski definition) is 7. The van der Waals surface area contributed by atoms with Crippen LogP contribution in [0.3, 0.4) is 0 Å². The first-order valence-corrected chi connectivity index (χ1v) is 14.9. The van der Waals surface area contributed by atoms with E-state index >= 15 is 0 Å². The van der Waals surface area contributed by atoms with Crippen molar-refractivity contribution >= 4 is 80.6 Å². The lowest BCUT2D eigenvalue weighted by molar-refractivity contribution is 0.403. The summed E-state index contributed by atoms with van der Waals surface area (Å²) < 4.78 is 18.1. The van der Waals surface area contributed by atoms with Crippen LogP contribution in [0, 0.1) is 0 Å². The standard InChI is InChI=1S/C18H16O2S.C7H9BO3.C4H2Br2S.H2S/c1-19-15-9-5-3-7-13(15)17-11-12-18(21-17)14-8-4-6-10-16(14)20-2;1-11-7-5-3-2-4-6(7)8(9)10;5-3-1-2-4(6)7-3;/h3-12H,1-2H3;2-5,9-10H,1H3;1-2H;1H2. The molecule has 0 fully saturated rings. The first-order valence-electron chi connectivity index (χ1n) is 11.6. The fourth-order valence-electron chi connectivity index (χ4n) is 3.50. The zero-order valence-corrected chi connectivity index (χ0v) is 27.8. The van der Waals surface area contributed by atoms with Gasteiger partial charge in [0.15, 0.2) is 0 Å². The Labute approximate surface area is 267 Å². The Morgan fingerprint density at radius 3 is 1.30 bits per heavy atom. The molecule has 0 aliphatic carbocycles. The predicted octanol–water partition coefficient (Wildman–Crippen LogP) is 7.86. The fraction of sp³-hybridized carbons (Fsp3) is 0.103. The van der Waals surface area contributed by atoms with E-state index in [1.807, 2.05) is 48.5 Å². The molecule has 2 aromatic heterocycles. The van der Waals surface area contributed by atoms with E-state index in [0.29, 0.717) is 11.2 Å². The first kappa shape index (κ1) is 34.0. The van der Waals surface area contributed by atoms with E-state index in [9.17, 15) is 0 Å². The van der Waals surface area contributed by atoms with Crippen LogP contribution in [0.1, 0.15) is 0 Å². The Bertz CT molecular complexity index is 1380. The van der Waals surface area contributed by atoms with Crippen LogP contribution in [0.2, 0.25) is 0 Å². The van der Waals surface area contributed by atoms with E-state index in [0.717, 1.165) is 22.6 Å². The van der Waals surface area contributed by atoms with Crippen molar-refractivity contribution in [3.8, 4) is 38.1 Å². The van der Waals surface area contributed by atoms with Crippen LogP contribution < -0.4 is 19.7 Å². The highest BCUT2D eigenvalue weighted by Crippen LogP contribution is 2.41. The second-order valence-corrected chi connectivity index (χ2v) is 12.6. The molecule has 0 aliphatic heterocycles. The summed E-state index contributed by atoms with van der Waals surface area (Å²) in [5, 5.41) is 17.6. The van der Waals surface area contributed by atoms with Crippen molar-refractivity contribution in [3.63, 3.8) is 0 Å². The lowest BCUT2D eigenvalue weighted by atomic mass is 9.80. The molecule has 3 aromatic carbocycles. The summed E-state index contributed by atoms with van der Waals surface area (Å²) in [4.78, 5) is 2.38. The van der Waals surface area contributed by atoms with Crippen LogP contribution in [0.5, 0.6) is 17.2 Å². The van der Waals surface area contributed by atoms with Gasteiger partial charge in [-0.2, -0.15) is 13.5 Å². The molecular formula is C29H29BBr2O5S3. The number of hydrogen-bond donors (Lipinski definition) is 2. The summed E-state index contributed by atoms with van der Waals surface area (Å²) in [6.45, 7) is 0. The van der Waals surface area contributed by atoms with E-state index in [1.54, 1.807) is 61.2 Å². The molecule has 2 heterocycles. The minimum atomic E-state index is -1.47. The van der Waals surface area contributed by atoms with Crippen molar-refractivity contribution in [2.24, 2.45) is 0 Å². The number of halogens is 2. The van der Waals surface area contributed by atoms with Gasteiger partial charge in [-0.15, -0.1) is 22.7 Å². The van der Waals surface area contributed by atoms with E-state index in [1.165, 1.54) is 24.4 Å². The molecular weight excluding hydrogens is 695 g/mol. The minimum Gasteiger partial charge on any atom is -0.497 e. The highest BCUT2D eigenvalue weighted by atomic mass is 79.9. The zero-order valence-electron chi connectivity index (χ0n) is 22.0. The highest BCUT2D eigenvalue weighted by Gasteiger charge is 2.15. The normalized spacial score (nSPS) is 9.68. The van der Waals surface area contributed by atoms with E-state index in [-0.39, 0.29) is 13.5 Å². The van der Waals surface area contributed by atoms with E-state index in [4.69, 9.17) is 24.3 Å². The molecule has 0 aliphatic rings. The average molecular weight is 724 g/mol. The fourth-order valence-corrected chi connectivity index (χ4v) is 6.98. The molecule has 0 saturated heterocycles. The maximum absolute atomic E-state index is 8.81. The molecule has 11 heteroatoms. The van der Waals surface area contributed by atoms with Crippen molar-refractivity contribution in [1.82, 2.24) is 0 Å². The topological polar surface area (TPSA) is 68.2 Å². The summed E-state index contributed by atoms with van der Waals surface area (Å²) in [5.74, 6) is 2.28. The van der Waals surface area contributed by atoms with Gasteiger partial charge in [0.25, 0.3) is 0 Å². The molecule has 5 rings (SSSR count). The lowest BCUT2D eigenvalue weighted by Crippen LogP contribution is -2.30. The second kappa shape index (κ2) is 17.5. The number of methoxy groups -OCH3 is 3. The van der Waals surface area contributed by atoms with Crippen LogP contribution in [0.25, 0.3) is 20.9 Å². The molecule has 0 unspecified atom stereocenters. The van der Waals surface area contributed by atoms with Gasteiger partial charge in [-0.05, 0) is 86.5 Å². The summed E-state index contributed by atoms with van der Waals surface area (Å²) in [7, 11) is 3.42. The van der Waals surface area contributed by atoms with Gasteiger partial charge in [0.2, 0.25) is 0 Å². The van der Waals surface area contributed by atoms with Gasteiger partial charge in [0.05, 0.1) is 28.9 Å². The van der Waals surface area contributed by atoms with Gasteiger partial charge in [0, 0.05) is 26.3 Å². The summed E-state index contributed by atoms with van der Waals surface area (Å²) >= 11 is 10.1. The van der Waals surface area contributed by atoms with E-state index in [2.05, 4.69) is 56.1 Å². The van der Waals surface area contributed by atoms with Gasteiger partial charge in [0.1, 0.15) is 17.2 Å². The molecule has 0 spiro atoms. The summed E-state index contributed by atoms with van der Waals surface area (Å²) in [6, 6.07) is 31.2. The Balaban J connectivity index is 0.000000246. The molecule has 0 amide bonds. The van der Waals surface area contributed by atoms with Crippen LogP contribution >= 0.6 is 68.0 Å². The molecule has 2 N–H and O–H groups in total. The number of rotatable bonds is 6. The maximum atomic E-state index is 8.81. The van der Waals surface area contributed by atoms with Gasteiger partial charge >= 0.3 is 7.12 Å². The third-order valence-electron chi connectivity index (χ3n) is 5.31. The quantitative estimate of drug-likeness (QED) is 0.175. The van der Waals surface area contributed by atoms with Gasteiger partial charge in [-0.3, -0.25) is 0 Å². The Hall–Kier alpha value is -2.25. The molecule has 0 bridgehead atoms. The summed E-state index contributed by atoms with van der Waals surface area (Å²) in [6.07, 6.45) is 0. The maximum Gasteiger partial charge on any atom is 0.492 e. The monoisotopic (exact) mass is 722 g/mol. The predicted molar refractivity (Wildman–Crippen MR) is 181 cm³/mol. The number of benzene rings is 3. The molecule has 5 aromatic rings. The van der Waals surface area contributed by atoms with Crippen LogP contribution in [0.15, 0.2) is 105 Å². The number of thiophene rings is 2. The first-order chi connectivity index (χ1) is 18.9. The number of para-hydroxylation sites is 3. The Kier molecular flexibility index (Phi) is 14.9. The van der Waals surface area contributed by atoms with Crippen molar-refractivity contribution in [1.29, 1.82) is 0 Å². The van der Waals surface area contributed by atoms with E-state index < -0.39 is 7.12 Å². The minimum absolute atomic E-state index is 0. The summed E-state index contributed by atoms with van der Waals surface area (Å²) in [5.41, 5.74) is 2.62. The lowest BCUT2D eigenvalue weighted by Gasteiger charge is -2.07. The number of ether oxygens (including phenoxy) is 3. The zero-order chi connectivity index (χ0) is 28.2. The van der Waals surface area contributed by atoms with Gasteiger partial charge < -0.3 is 24.3 Å². The van der Waals surface area contributed by atoms with Crippen molar-refractivity contribution in [2.75, 3.05) is 21.3 Å². The third-order valence-corrected chi connectivity index (χ3v) is 8.62. The van der Waals surface area contributed by atoms with Crippen molar-refractivity contribution < 1.29 is 24.3 Å². The largest absolute Gasteiger partial charge is 0.497 e. The second-order valence-electron chi connectivity index (χ2n) is 7.72. The van der Waals surface area contributed by atoms with Crippen molar-refractivity contribution in [2.45, 2.75) is 0 Å². The smallest absolute Gasteiger partial charge is 0.492 e. The average Bonchev–Trinajstić information content (AvgIpc) is 3.62. The molecule has 0 radical (unpaired) electrons. The Morgan fingerprint density at radius 2 is 0.950 bits per heavy atom. The molecule has 210 valence electrons. The highest BCUT2D eigenvalue weighted by molar-refractivity contribution is 9.12. The molecule has 5 nitrogen and oxygen atoms in total.